The molecule has 3 rings (SSSR count). The maximum absolute atomic E-state index is 13.7. The van der Waals surface area contributed by atoms with Gasteiger partial charge in [0.25, 0.3) is 0 Å². The third kappa shape index (κ3) is 5.75. The monoisotopic (exact) mass is 514 g/mol. The number of benzene rings is 3. The van der Waals surface area contributed by atoms with Crippen LogP contribution in [0.2, 0.25) is 5.02 Å². The summed E-state index contributed by atoms with van der Waals surface area (Å²) in [6.45, 7) is -0.406. The van der Waals surface area contributed by atoms with E-state index in [2.05, 4.69) is 0 Å². The molecule has 0 fully saturated rings. The largest absolute Gasteiger partial charge is 0.419 e. The fourth-order valence-corrected chi connectivity index (χ4v) is 5.13. The quantitative estimate of drug-likeness (QED) is 0.432. The summed E-state index contributed by atoms with van der Waals surface area (Å²) in [6, 6.07) is 14.0. The Hall–Kier alpha value is -2.95. The molecule has 0 bridgehead atoms. The lowest BCUT2D eigenvalue weighted by Gasteiger charge is -2.29. The molecule has 0 saturated carbocycles. The highest BCUT2D eigenvalue weighted by atomic mass is 35.5. The van der Waals surface area contributed by atoms with Crippen LogP contribution in [0.3, 0.4) is 0 Å². The third-order valence-electron chi connectivity index (χ3n) is 5.05. The Bertz CT molecular complexity index is 1270. The predicted octanol–water partition coefficient (Wildman–Crippen LogP) is 4.96. The Morgan fingerprint density at radius 3 is 2.18 bits per heavy atom. The molecule has 0 aliphatic heterocycles. The van der Waals surface area contributed by atoms with E-state index in [0.29, 0.717) is 12.1 Å². The molecule has 34 heavy (non-hydrogen) atoms. The zero-order valence-electron chi connectivity index (χ0n) is 17.5. The fraction of sp³-hybridized carbons (Fsp3) is 0.174. The maximum atomic E-state index is 13.7. The summed E-state index contributed by atoms with van der Waals surface area (Å²) in [4.78, 5) is 12.2. The van der Waals surface area contributed by atoms with Gasteiger partial charge in [-0.2, -0.15) is 17.5 Å². The van der Waals surface area contributed by atoms with Crippen molar-refractivity contribution in [1.82, 2.24) is 4.31 Å². The van der Waals surface area contributed by atoms with E-state index in [0.717, 1.165) is 10.4 Å². The lowest BCUT2D eigenvalue weighted by atomic mass is 10.0. The SMILES string of the molecule is NC(=O)[C@@H](c1ccccc1)N(CCc1ccc(F)c(C(F)(F)F)c1)S(=O)(=O)c1ccc(Cl)cc1. The first-order chi connectivity index (χ1) is 15.9. The van der Waals surface area contributed by atoms with Gasteiger partial charge in [0, 0.05) is 11.6 Å². The zero-order valence-corrected chi connectivity index (χ0v) is 19.0. The molecule has 0 spiro atoms. The molecule has 0 saturated heterocycles. The molecule has 0 aliphatic carbocycles. The third-order valence-corrected chi connectivity index (χ3v) is 7.18. The standard InChI is InChI=1S/C23H19ClF4N2O3S/c24-17-7-9-18(10-8-17)34(32,33)30(21(22(29)31)16-4-2-1-3-5-16)13-12-15-6-11-20(25)19(14-15)23(26,27)28/h1-11,14,21H,12-13H2,(H2,29,31)/t21-/m1/s1. The number of hydrogen-bond donors (Lipinski definition) is 1. The summed E-state index contributed by atoms with van der Waals surface area (Å²) >= 11 is 5.85. The number of sulfonamides is 1. The van der Waals surface area contributed by atoms with Crippen molar-refractivity contribution < 1.29 is 30.8 Å². The highest BCUT2D eigenvalue weighted by molar-refractivity contribution is 7.89. The van der Waals surface area contributed by atoms with Crippen LogP contribution in [0.1, 0.15) is 22.7 Å². The summed E-state index contributed by atoms with van der Waals surface area (Å²) in [7, 11) is -4.35. The molecule has 1 atom stereocenters. The number of primary amides is 1. The van der Waals surface area contributed by atoms with Crippen molar-refractivity contribution in [2.75, 3.05) is 6.54 Å². The first-order valence-electron chi connectivity index (χ1n) is 9.88. The minimum Gasteiger partial charge on any atom is -0.368 e. The van der Waals surface area contributed by atoms with E-state index in [9.17, 15) is 30.8 Å². The Morgan fingerprint density at radius 2 is 1.62 bits per heavy atom. The van der Waals surface area contributed by atoms with E-state index in [1.165, 1.54) is 36.4 Å². The normalized spacial score (nSPS) is 13.1. The number of hydrogen-bond acceptors (Lipinski definition) is 3. The zero-order chi connectivity index (χ0) is 25.1. The topological polar surface area (TPSA) is 80.5 Å². The van der Waals surface area contributed by atoms with Crippen LogP contribution in [0.15, 0.2) is 77.7 Å². The Balaban J connectivity index is 2.05. The second-order valence-corrected chi connectivity index (χ2v) is 9.67. The van der Waals surface area contributed by atoms with Gasteiger partial charge in [-0.25, -0.2) is 12.8 Å². The number of alkyl halides is 3. The van der Waals surface area contributed by atoms with Crippen LogP contribution >= 0.6 is 11.6 Å². The van der Waals surface area contributed by atoms with Gasteiger partial charge in [-0.3, -0.25) is 4.79 Å². The minimum absolute atomic E-state index is 0.0290. The van der Waals surface area contributed by atoms with Crippen LogP contribution in [-0.2, 0) is 27.4 Å². The molecule has 11 heteroatoms. The van der Waals surface area contributed by atoms with Gasteiger partial charge in [0.1, 0.15) is 11.9 Å². The average molecular weight is 515 g/mol. The van der Waals surface area contributed by atoms with Gasteiger partial charge in [0.15, 0.2) is 0 Å². The molecule has 5 nitrogen and oxygen atoms in total. The molecule has 0 unspecified atom stereocenters. The smallest absolute Gasteiger partial charge is 0.368 e. The van der Waals surface area contributed by atoms with Crippen molar-refractivity contribution in [3.05, 3.63) is 100 Å². The van der Waals surface area contributed by atoms with Gasteiger partial charge in [0.2, 0.25) is 15.9 Å². The van der Waals surface area contributed by atoms with Crippen LogP contribution < -0.4 is 5.73 Å². The van der Waals surface area contributed by atoms with Crippen molar-refractivity contribution in [1.29, 1.82) is 0 Å². The van der Waals surface area contributed by atoms with Gasteiger partial charge in [-0.15, -0.1) is 0 Å². The molecule has 3 aromatic rings. The minimum atomic E-state index is -4.92. The van der Waals surface area contributed by atoms with Crippen molar-refractivity contribution in [3.8, 4) is 0 Å². The Labute approximate surface area is 198 Å². The summed E-state index contributed by atoms with van der Waals surface area (Å²) in [5, 5.41) is 0.283. The summed E-state index contributed by atoms with van der Waals surface area (Å²) in [6.07, 6.45) is -5.16. The van der Waals surface area contributed by atoms with Crippen LogP contribution in [0.4, 0.5) is 17.6 Å². The van der Waals surface area contributed by atoms with E-state index in [1.54, 1.807) is 18.2 Å². The summed E-state index contributed by atoms with van der Waals surface area (Å²) in [5.41, 5.74) is 4.42. The van der Waals surface area contributed by atoms with Crippen LogP contribution in [-0.4, -0.2) is 25.2 Å². The van der Waals surface area contributed by atoms with Gasteiger partial charge in [-0.05, 0) is 53.9 Å². The lowest BCUT2D eigenvalue weighted by molar-refractivity contribution is -0.140. The summed E-state index contributed by atoms with van der Waals surface area (Å²) < 4.78 is 80.8. The van der Waals surface area contributed by atoms with Gasteiger partial charge < -0.3 is 5.73 Å². The average Bonchev–Trinajstić information content (AvgIpc) is 2.77. The molecule has 0 aliphatic rings. The molecular weight excluding hydrogens is 496 g/mol. The van der Waals surface area contributed by atoms with Gasteiger partial charge in [0.05, 0.1) is 10.5 Å². The number of carbonyl (C=O) groups excluding carboxylic acids is 1. The van der Waals surface area contributed by atoms with E-state index in [-0.39, 0.29) is 27.5 Å². The van der Waals surface area contributed by atoms with E-state index >= 15 is 0 Å². The molecule has 0 radical (unpaired) electrons. The molecule has 1 amide bonds. The molecular formula is C23H19ClF4N2O3S. The highest BCUT2D eigenvalue weighted by Gasteiger charge is 2.37. The van der Waals surface area contributed by atoms with Gasteiger partial charge >= 0.3 is 6.18 Å². The number of nitrogens with zero attached hydrogens (tertiary/aromatic N) is 1. The predicted molar refractivity (Wildman–Crippen MR) is 119 cm³/mol. The number of rotatable bonds is 8. The number of nitrogens with two attached hydrogens (primary N) is 1. The Morgan fingerprint density at radius 1 is 1.00 bits per heavy atom. The van der Waals surface area contributed by atoms with Crippen LogP contribution in [0.5, 0.6) is 0 Å². The first-order valence-corrected chi connectivity index (χ1v) is 11.7. The fourth-order valence-electron chi connectivity index (χ4n) is 3.42. The Kier molecular flexibility index (Phi) is 7.64. The number of amides is 1. The van der Waals surface area contributed by atoms with E-state index in [1.807, 2.05) is 0 Å². The lowest BCUT2D eigenvalue weighted by Crippen LogP contribution is -2.42. The number of carbonyl (C=O) groups is 1. The van der Waals surface area contributed by atoms with E-state index < -0.39 is 46.1 Å². The van der Waals surface area contributed by atoms with E-state index in [4.69, 9.17) is 17.3 Å². The molecule has 0 heterocycles. The van der Waals surface area contributed by atoms with Gasteiger partial charge in [-0.1, -0.05) is 48.0 Å². The van der Waals surface area contributed by atoms with Crippen molar-refractivity contribution in [3.63, 3.8) is 0 Å². The molecule has 2 N–H and O–H groups in total. The van der Waals surface area contributed by atoms with Crippen molar-refractivity contribution >= 4 is 27.5 Å². The highest BCUT2D eigenvalue weighted by Crippen LogP contribution is 2.33. The van der Waals surface area contributed by atoms with Crippen molar-refractivity contribution in [2.45, 2.75) is 23.5 Å². The summed E-state index contributed by atoms with van der Waals surface area (Å²) in [5.74, 6) is -2.42. The first kappa shape index (κ1) is 25.7. The molecule has 3 aromatic carbocycles. The van der Waals surface area contributed by atoms with Crippen LogP contribution in [0, 0.1) is 5.82 Å². The maximum Gasteiger partial charge on any atom is 0.419 e. The molecule has 0 aromatic heterocycles. The van der Waals surface area contributed by atoms with Crippen molar-refractivity contribution in [2.24, 2.45) is 5.73 Å². The second-order valence-electron chi connectivity index (χ2n) is 7.35. The number of halogens is 5. The second kappa shape index (κ2) is 10.1. The van der Waals surface area contributed by atoms with Crippen LogP contribution in [0.25, 0.3) is 0 Å². The molecule has 180 valence electrons.